The fourth-order valence-electron chi connectivity index (χ4n) is 0.568. The van der Waals surface area contributed by atoms with E-state index in [2.05, 4.69) is 4.74 Å². The molecule has 0 unspecified atom stereocenters. The van der Waals surface area contributed by atoms with Crippen LogP contribution in [0.2, 0.25) is 0 Å². The number of aliphatic hydroxyl groups excluding tert-OH is 3. The van der Waals surface area contributed by atoms with E-state index in [0.29, 0.717) is 0 Å². The molecule has 3 N–H and O–H groups in total. The molecule has 0 spiro atoms. The molecule has 6 heteroatoms. The van der Waals surface area contributed by atoms with Gasteiger partial charge in [0.15, 0.2) is 20.2 Å². The van der Waals surface area contributed by atoms with Crippen molar-refractivity contribution in [2.24, 2.45) is 0 Å². The van der Waals surface area contributed by atoms with Crippen LogP contribution in [0.5, 0.6) is 0 Å². The maximum Gasteiger partial charge on any atom is 0.521 e. The van der Waals surface area contributed by atoms with Crippen molar-refractivity contribution in [1.82, 2.24) is 0 Å². The van der Waals surface area contributed by atoms with Crippen molar-refractivity contribution in [2.45, 2.75) is 6.92 Å². The molecule has 0 saturated carbocycles. The molecule has 0 aliphatic heterocycles. The quantitative estimate of drug-likeness (QED) is 0.374. The Hall–Kier alpha value is -0.690. The molecule has 0 saturated heterocycles. The van der Waals surface area contributed by atoms with Crippen LogP contribution in [0.3, 0.4) is 0 Å². The van der Waals surface area contributed by atoms with Gasteiger partial charge in [-0.3, -0.25) is 0 Å². The molecule has 0 heterocycles. The van der Waals surface area contributed by atoms with Crippen LogP contribution >= 0.6 is 0 Å². The van der Waals surface area contributed by atoms with E-state index in [9.17, 15) is 4.79 Å². The molecule has 0 aliphatic rings. The van der Waals surface area contributed by atoms with Crippen LogP contribution in [0.1, 0.15) is 6.92 Å². The predicted molar refractivity (Wildman–Crippen MR) is 38.5 cm³/mol. The predicted octanol–water partition coefficient (Wildman–Crippen LogP) is -1.19. The summed E-state index contributed by atoms with van der Waals surface area (Å²) < 4.78 is 3.64. The average Bonchev–Trinajstić information content (AvgIpc) is 2.09. The third-order valence-corrected chi connectivity index (χ3v) is 1.47. The van der Waals surface area contributed by atoms with Crippen molar-refractivity contribution in [3.63, 3.8) is 0 Å². The third kappa shape index (κ3) is 2.15. The second kappa shape index (κ2) is 5.04. The molecule has 0 aliphatic carbocycles. The van der Waals surface area contributed by atoms with Crippen LogP contribution < -0.4 is 0 Å². The lowest BCUT2D eigenvalue weighted by atomic mass is 10.6. The second-order valence-corrected chi connectivity index (χ2v) is 2.27. The van der Waals surface area contributed by atoms with Gasteiger partial charge >= 0.3 is 6.09 Å². The maximum absolute atomic E-state index is 11.0. The highest BCUT2D eigenvalue weighted by molar-refractivity contribution is 5.59. The van der Waals surface area contributed by atoms with Crippen LogP contribution in [-0.4, -0.2) is 52.7 Å². The summed E-state index contributed by atoms with van der Waals surface area (Å²) >= 11 is 0. The number of rotatable bonds is 4. The third-order valence-electron chi connectivity index (χ3n) is 1.47. The number of amides is 1. The summed E-state index contributed by atoms with van der Waals surface area (Å²) in [6.45, 7) is -0.332. The molecule has 12 heavy (non-hydrogen) atoms. The second-order valence-electron chi connectivity index (χ2n) is 2.27. The number of hydrogen-bond acceptors (Lipinski definition) is 5. The van der Waals surface area contributed by atoms with Crippen LogP contribution in [0.4, 0.5) is 4.79 Å². The van der Waals surface area contributed by atoms with Gasteiger partial charge in [-0.2, -0.15) is 9.28 Å². The molecular formula is C6H14NO5+. The molecular weight excluding hydrogens is 166 g/mol. The van der Waals surface area contributed by atoms with E-state index < -0.39 is 30.8 Å². The minimum Gasteiger partial charge on any atom is -0.420 e. The first kappa shape index (κ1) is 11.3. The van der Waals surface area contributed by atoms with Gasteiger partial charge < -0.3 is 20.1 Å². The summed E-state index contributed by atoms with van der Waals surface area (Å²) in [5.74, 6) is 0. The van der Waals surface area contributed by atoms with Crippen molar-refractivity contribution in [1.29, 1.82) is 0 Å². The molecule has 0 aromatic carbocycles. The zero-order valence-electron chi connectivity index (χ0n) is 6.93. The molecule has 1 amide bonds. The Morgan fingerprint density at radius 2 is 1.67 bits per heavy atom. The van der Waals surface area contributed by atoms with Gasteiger partial charge in [-0.25, -0.2) is 0 Å². The van der Waals surface area contributed by atoms with Crippen LogP contribution in [0.25, 0.3) is 0 Å². The van der Waals surface area contributed by atoms with E-state index in [1.165, 1.54) is 0 Å². The Bertz CT molecular complexity index is 137. The van der Waals surface area contributed by atoms with E-state index in [0.717, 1.165) is 0 Å². The number of carbonyl (C=O) groups is 1. The van der Waals surface area contributed by atoms with Gasteiger partial charge in [0.2, 0.25) is 0 Å². The minimum atomic E-state index is -0.895. The number of carbonyl (C=O) groups excluding carboxylic acids is 1. The Balaban J connectivity index is 4.36. The van der Waals surface area contributed by atoms with Crippen LogP contribution in [0, 0.1) is 0 Å². The Kier molecular flexibility index (Phi) is 4.75. The lowest BCUT2D eigenvalue weighted by molar-refractivity contribution is -0.912. The molecule has 72 valence electrons. The van der Waals surface area contributed by atoms with E-state index in [-0.39, 0.29) is 6.61 Å². The minimum absolute atomic E-state index is 0.138. The first-order valence-corrected chi connectivity index (χ1v) is 3.53. The smallest absolute Gasteiger partial charge is 0.420 e. The number of nitrogens with zero attached hydrogens (tertiary/aromatic N) is 1. The monoisotopic (exact) mass is 180 g/mol. The standard InChI is InChI=1S/C6H14NO5/c1-2-12-6(11)7(3-8,4-9)5-10/h8-10H,2-5H2,1H3/q+1. The maximum atomic E-state index is 11.0. The fraction of sp³-hybridized carbons (Fsp3) is 0.833. The highest BCUT2D eigenvalue weighted by Gasteiger charge is 2.36. The first-order chi connectivity index (χ1) is 5.66. The molecule has 0 fully saturated rings. The summed E-state index contributed by atoms with van der Waals surface area (Å²) in [7, 11) is 0. The number of hydrogen-bond donors (Lipinski definition) is 3. The summed E-state index contributed by atoms with van der Waals surface area (Å²) in [5, 5.41) is 26.2. The molecule has 0 bridgehead atoms. The van der Waals surface area contributed by atoms with Gasteiger partial charge in [0.05, 0.1) is 6.61 Å². The zero-order chi connectivity index (χ0) is 9.61. The lowest BCUT2D eigenvalue weighted by Crippen LogP contribution is -2.54. The van der Waals surface area contributed by atoms with Crippen LogP contribution in [0.15, 0.2) is 0 Å². The highest BCUT2D eigenvalue weighted by atomic mass is 16.6. The van der Waals surface area contributed by atoms with Crippen molar-refractivity contribution >= 4 is 6.09 Å². The van der Waals surface area contributed by atoms with E-state index in [4.69, 9.17) is 15.3 Å². The molecule has 0 radical (unpaired) electrons. The number of quaternary nitrogens is 1. The zero-order valence-corrected chi connectivity index (χ0v) is 6.93. The topological polar surface area (TPSA) is 87.0 Å². The Morgan fingerprint density at radius 1 is 1.25 bits per heavy atom. The summed E-state index contributed by atoms with van der Waals surface area (Å²) in [4.78, 5) is 11.0. The number of ether oxygens (including phenoxy) is 1. The van der Waals surface area contributed by atoms with Gasteiger partial charge in [0, 0.05) is 0 Å². The van der Waals surface area contributed by atoms with E-state index in [1.807, 2.05) is 0 Å². The molecule has 0 aromatic rings. The average molecular weight is 180 g/mol. The van der Waals surface area contributed by atoms with Gasteiger partial charge in [-0.05, 0) is 6.92 Å². The Labute approximate surface area is 70.2 Å². The molecule has 6 nitrogen and oxygen atoms in total. The Morgan fingerprint density at radius 3 is 1.92 bits per heavy atom. The van der Waals surface area contributed by atoms with Crippen molar-refractivity contribution < 1.29 is 29.3 Å². The normalized spacial score (nSPS) is 11.3. The summed E-state index contributed by atoms with van der Waals surface area (Å²) in [6.07, 6.45) is -0.843. The van der Waals surface area contributed by atoms with Gasteiger partial charge in [-0.1, -0.05) is 0 Å². The SMILES string of the molecule is CCOC(=O)[N+](CO)(CO)CO. The van der Waals surface area contributed by atoms with Crippen molar-refractivity contribution in [3.8, 4) is 0 Å². The fourth-order valence-corrected chi connectivity index (χ4v) is 0.568. The van der Waals surface area contributed by atoms with Crippen molar-refractivity contribution in [3.05, 3.63) is 0 Å². The molecule has 0 aromatic heterocycles. The van der Waals surface area contributed by atoms with E-state index in [1.54, 1.807) is 6.92 Å². The van der Waals surface area contributed by atoms with Gasteiger partial charge in [0.1, 0.15) is 0 Å². The largest absolute Gasteiger partial charge is 0.521 e. The van der Waals surface area contributed by atoms with Crippen molar-refractivity contribution in [2.75, 3.05) is 26.8 Å². The highest BCUT2D eigenvalue weighted by Crippen LogP contribution is 2.05. The summed E-state index contributed by atoms with van der Waals surface area (Å²) in [5.41, 5.74) is 0. The van der Waals surface area contributed by atoms with E-state index >= 15 is 0 Å². The van der Waals surface area contributed by atoms with Crippen LogP contribution in [-0.2, 0) is 4.74 Å². The molecule has 0 rings (SSSR count). The summed E-state index contributed by atoms with van der Waals surface area (Å²) in [6, 6.07) is 0. The lowest BCUT2D eigenvalue weighted by Gasteiger charge is -2.26. The van der Waals surface area contributed by atoms with Gasteiger partial charge in [-0.15, -0.1) is 0 Å². The van der Waals surface area contributed by atoms with Gasteiger partial charge in [0.25, 0.3) is 0 Å². The molecule has 0 atom stereocenters. The first-order valence-electron chi connectivity index (χ1n) is 3.53. The number of aliphatic hydroxyl groups is 3.